The summed E-state index contributed by atoms with van der Waals surface area (Å²) in [5.74, 6) is -0.293. The number of nitrogens with zero attached hydrogens (tertiary/aromatic N) is 2. The fourth-order valence-electron chi connectivity index (χ4n) is 1.25. The first-order chi connectivity index (χ1) is 8.79. The van der Waals surface area contributed by atoms with E-state index in [0.717, 1.165) is 5.00 Å². The molecule has 0 aliphatic rings. The van der Waals surface area contributed by atoms with Crippen molar-refractivity contribution in [2.75, 3.05) is 23.8 Å². The lowest BCUT2D eigenvalue weighted by molar-refractivity contribution is 0.102. The van der Waals surface area contributed by atoms with Crippen molar-refractivity contribution >= 4 is 27.4 Å². The second kappa shape index (κ2) is 6.08. The van der Waals surface area contributed by atoms with Gasteiger partial charge in [-0.1, -0.05) is 17.4 Å². The molecule has 2 heterocycles. The summed E-state index contributed by atoms with van der Waals surface area (Å²) in [5.41, 5.74) is 0.345. The summed E-state index contributed by atoms with van der Waals surface area (Å²) >= 11 is 1.30. The van der Waals surface area contributed by atoms with Crippen molar-refractivity contribution in [3.63, 3.8) is 0 Å². The Morgan fingerprint density at radius 1 is 1.39 bits per heavy atom. The molecule has 0 bridgehead atoms. The largest absolute Gasteiger partial charge is 0.395 e. The van der Waals surface area contributed by atoms with Gasteiger partial charge >= 0.3 is 0 Å². The molecule has 0 fully saturated rings. The van der Waals surface area contributed by atoms with Crippen molar-refractivity contribution < 1.29 is 9.90 Å². The molecule has 0 atom stereocenters. The predicted octanol–water partition coefficient (Wildman–Crippen LogP) is 1.19. The monoisotopic (exact) mass is 264 g/mol. The molecule has 3 N–H and O–H groups in total. The summed E-state index contributed by atoms with van der Waals surface area (Å²) < 4.78 is 0. The molecule has 1 amide bonds. The highest BCUT2D eigenvalue weighted by Crippen LogP contribution is 2.23. The number of thiazole rings is 1. The number of anilines is 2. The Bertz CT molecular complexity index is 515. The smallest absolute Gasteiger partial charge is 0.276 e. The number of aliphatic hydroxyl groups excluding tert-OH is 1. The van der Waals surface area contributed by atoms with Crippen LogP contribution in [0.25, 0.3) is 0 Å². The molecule has 0 unspecified atom stereocenters. The molecule has 2 rings (SSSR count). The first-order valence-electron chi connectivity index (χ1n) is 5.32. The second-order valence-electron chi connectivity index (χ2n) is 3.35. The number of hydrogen-bond donors (Lipinski definition) is 3. The van der Waals surface area contributed by atoms with Crippen LogP contribution in [0.3, 0.4) is 0 Å². The topological polar surface area (TPSA) is 87.1 Å². The van der Waals surface area contributed by atoms with Gasteiger partial charge in [0.2, 0.25) is 0 Å². The molecular formula is C11H12N4O2S. The number of aliphatic hydroxyl groups is 1. The van der Waals surface area contributed by atoms with Gasteiger partial charge in [0.25, 0.3) is 5.91 Å². The maximum absolute atomic E-state index is 11.8. The Labute approximate surface area is 108 Å². The van der Waals surface area contributed by atoms with Gasteiger partial charge in [0.1, 0.15) is 10.7 Å². The van der Waals surface area contributed by atoms with Gasteiger partial charge in [-0.15, -0.1) is 0 Å². The van der Waals surface area contributed by atoms with Gasteiger partial charge in [-0.05, 0) is 12.1 Å². The quantitative estimate of drug-likeness (QED) is 0.755. The number of carbonyl (C=O) groups excluding carboxylic acids is 1. The normalized spacial score (nSPS) is 10.1. The Morgan fingerprint density at radius 3 is 3.00 bits per heavy atom. The molecular weight excluding hydrogens is 252 g/mol. The van der Waals surface area contributed by atoms with E-state index in [4.69, 9.17) is 5.11 Å². The second-order valence-corrected chi connectivity index (χ2v) is 4.38. The maximum Gasteiger partial charge on any atom is 0.276 e. The van der Waals surface area contributed by atoms with E-state index in [1.807, 2.05) is 0 Å². The van der Waals surface area contributed by atoms with Crippen molar-refractivity contribution in [3.05, 3.63) is 36.3 Å². The van der Waals surface area contributed by atoms with Crippen LogP contribution in [-0.2, 0) is 0 Å². The summed E-state index contributed by atoms with van der Waals surface area (Å²) in [4.78, 5) is 19.8. The fraction of sp³-hybridized carbons (Fsp3) is 0.182. The average Bonchev–Trinajstić information content (AvgIpc) is 2.85. The van der Waals surface area contributed by atoms with Gasteiger partial charge in [0, 0.05) is 12.7 Å². The van der Waals surface area contributed by atoms with Gasteiger partial charge < -0.3 is 10.4 Å². The molecule has 18 heavy (non-hydrogen) atoms. The van der Waals surface area contributed by atoms with E-state index in [-0.39, 0.29) is 12.5 Å². The first kappa shape index (κ1) is 12.5. The van der Waals surface area contributed by atoms with E-state index in [2.05, 4.69) is 20.6 Å². The molecule has 0 aliphatic heterocycles. The third-order valence-corrected chi connectivity index (χ3v) is 2.91. The lowest BCUT2D eigenvalue weighted by atomic mass is 10.3. The molecule has 2 aromatic heterocycles. The highest BCUT2D eigenvalue weighted by Gasteiger charge is 2.09. The first-order valence-corrected chi connectivity index (χ1v) is 6.14. The van der Waals surface area contributed by atoms with Crippen LogP contribution in [0.5, 0.6) is 0 Å². The Morgan fingerprint density at radius 2 is 2.28 bits per heavy atom. The van der Waals surface area contributed by atoms with Gasteiger partial charge in [0.05, 0.1) is 12.8 Å². The number of rotatable bonds is 5. The van der Waals surface area contributed by atoms with Crippen LogP contribution in [0.1, 0.15) is 10.5 Å². The zero-order valence-electron chi connectivity index (χ0n) is 9.46. The Balaban J connectivity index is 1.97. The molecule has 0 spiro atoms. The zero-order chi connectivity index (χ0) is 12.8. The van der Waals surface area contributed by atoms with E-state index in [1.165, 1.54) is 11.3 Å². The molecule has 0 radical (unpaired) electrons. The number of amides is 1. The molecule has 0 saturated heterocycles. The summed E-state index contributed by atoms with van der Waals surface area (Å²) in [6.07, 6.45) is 3.17. The van der Waals surface area contributed by atoms with Crippen LogP contribution in [-0.4, -0.2) is 34.1 Å². The summed E-state index contributed by atoms with van der Waals surface area (Å²) in [5, 5.41) is 15.6. The van der Waals surface area contributed by atoms with Crippen molar-refractivity contribution in [1.29, 1.82) is 0 Å². The maximum atomic E-state index is 11.8. The van der Waals surface area contributed by atoms with Gasteiger partial charge in [0.15, 0.2) is 5.13 Å². The number of pyridine rings is 1. The van der Waals surface area contributed by atoms with Crippen LogP contribution in [0.4, 0.5) is 10.1 Å². The minimum absolute atomic E-state index is 0.0491. The highest BCUT2D eigenvalue weighted by atomic mass is 32.1. The molecule has 7 heteroatoms. The molecule has 0 aromatic carbocycles. The minimum Gasteiger partial charge on any atom is -0.395 e. The van der Waals surface area contributed by atoms with Crippen LogP contribution >= 0.6 is 11.3 Å². The number of aromatic nitrogens is 2. The summed E-state index contributed by atoms with van der Waals surface area (Å²) in [6, 6.07) is 5.13. The SMILES string of the molecule is O=C(Nc1ncc(NCCO)s1)c1ccccn1. The third kappa shape index (κ3) is 3.25. The standard InChI is InChI=1S/C11H12N4O2S/c16-6-5-13-9-7-14-11(18-9)15-10(17)8-3-1-2-4-12-8/h1-4,7,13,16H,5-6H2,(H,14,15,17). The van der Waals surface area contributed by atoms with Crippen molar-refractivity contribution in [1.82, 2.24) is 9.97 Å². The van der Waals surface area contributed by atoms with E-state index in [1.54, 1.807) is 30.6 Å². The molecule has 0 aliphatic carbocycles. The zero-order valence-corrected chi connectivity index (χ0v) is 10.3. The van der Waals surface area contributed by atoms with Gasteiger partial charge in [-0.25, -0.2) is 4.98 Å². The van der Waals surface area contributed by atoms with E-state index < -0.39 is 0 Å². The van der Waals surface area contributed by atoms with Crippen molar-refractivity contribution in [2.45, 2.75) is 0 Å². The average molecular weight is 264 g/mol. The van der Waals surface area contributed by atoms with E-state index >= 15 is 0 Å². The van der Waals surface area contributed by atoms with Crippen molar-refractivity contribution in [3.8, 4) is 0 Å². The van der Waals surface area contributed by atoms with Crippen LogP contribution in [0.2, 0.25) is 0 Å². The number of nitrogens with one attached hydrogen (secondary N) is 2. The van der Waals surface area contributed by atoms with Gasteiger partial charge in [-0.2, -0.15) is 0 Å². The van der Waals surface area contributed by atoms with Gasteiger partial charge in [-0.3, -0.25) is 15.1 Å². The minimum atomic E-state index is -0.293. The molecule has 6 nitrogen and oxygen atoms in total. The fourth-order valence-corrected chi connectivity index (χ4v) is 1.99. The van der Waals surface area contributed by atoms with Crippen LogP contribution < -0.4 is 10.6 Å². The van der Waals surface area contributed by atoms with Crippen LogP contribution in [0.15, 0.2) is 30.6 Å². The van der Waals surface area contributed by atoms with Crippen molar-refractivity contribution in [2.24, 2.45) is 0 Å². The lowest BCUT2D eigenvalue weighted by Crippen LogP contribution is -2.12. The number of hydrogen-bond acceptors (Lipinski definition) is 6. The molecule has 0 saturated carbocycles. The summed E-state index contributed by atoms with van der Waals surface area (Å²) in [7, 11) is 0. The van der Waals surface area contributed by atoms with E-state index in [0.29, 0.717) is 17.4 Å². The lowest BCUT2D eigenvalue weighted by Gasteiger charge is -2.00. The highest BCUT2D eigenvalue weighted by molar-refractivity contribution is 7.19. The Kier molecular flexibility index (Phi) is 4.21. The molecule has 94 valence electrons. The summed E-state index contributed by atoms with van der Waals surface area (Å²) in [6.45, 7) is 0.503. The Hall–Kier alpha value is -1.99. The number of carbonyl (C=O) groups is 1. The van der Waals surface area contributed by atoms with Crippen LogP contribution in [0, 0.1) is 0 Å². The van der Waals surface area contributed by atoms with E-state index in [9.17, 15) is 4.79 Å². The molecule has 2 aromatic rings. The third-order valence-electron chi connectivity index (χ3n) is 2.03. The predicted molar refractivity (Wildman–Crippen MR) is 69.9 cm³/mol.